The summed E-state index contributed by atoms with van der Waals surface area (Å²) in [5.74, 6) is 0. The summed E-state index contributed by atoms with van der Waals surface area (Å²) in [6, 6.07) is 131. The first-order valence-corrected chi connectivity index (χ1v) is 35.4. The van der Waals surface area contributed by atoms with E-state index >= 15 is 0 Å². The Kier molecular flexibility index (Phi) is 11.7. The molecule has 0 fully saturated rings. The van der Waals surface area contributed by atoms with Gasteiger partial charge in [-0.25, -0.2) is 0 Å². The zero-order chi connectivity index (χ0) is 66.2. The van der Waals surface area contributed by atoms with Gasteiger partial charge in [0.2, 0.25) is 0 Å². The largest absolute Gasteiger partial charge is 0.355 e. The zero-order valence-electron chi connectivity index (χ0n) is 55.4. The number of hydrogen-bond donors (Lipinski definition) is 1. The fraction of sp³-hybridized carbons (Fsp3) is 0.0303. The molecule has 4 aliphatic carbocycles. The first-order chi connectivity index (χ1) is 50.0. The Morgan fingerprint density at radius 1 is 0.198 bits per heavy atom. The molecule has 0 bridgehead atoms. The normalized spacial score (nSPS) is 13.6. The molecular formula is C99H62N2. The van der Waals surface area contributed by atoms with Crippen LogP contribution in [0.15, 0.2) is 352 Å². The number of aromatic amines is 1. The summed E-state index contributed by atoms with van der Waals surface area (Å²) in [4.78, 5) is 3.38. The van der Waals surface area contributed by atoms with Gasteiger partial charge in [-0.05, 0) is 221 Å². The first kappa shape index (κ1) is 56.2. The van der Waals surface area contributed by atoms with Crippen molar-refractivity contribution in [1.29, 1.82) is 0 Å². The lowest BCUT2D eigenvalue weighted by atomic mass is 9.70. The van der Waals surface area contributed by atoms with E-state index in [1.807, 2.05) is 0 Å². The molecule has 0 unspecified atom stereocenters. The maximum atomic E-state index is 3.38. The second kappa shape index (κ2) is 21.1. The van der Waals surface area contributed by atoms with Crippen molar-refractivity contribution in [3.63, 3.8) is 0 Å². The zero-order valence-corrected chi connectivity index (χ0v) is 55.4. The van der Waals surface area contributed by atoms with Crippen molar-refractivity contribution in [3.05, 3.63) is 402 Å². The average molecular weight is 1280 g/mol. The summed E-state index contributed by atoms with van der Waals surface area (Å²) in [6.07, 6.45) is 0. The topological polar surface area (TPSA) is 20.7 Å². The number of para-hydroxylation sites is 4. The molecule has 20 aromatic rings. The molecule has 2 nitrogen and oxygen atoms in total. The van der Waals surface area contributed by atoms with Crippen molar-refractivity contribution < 1.29 is 0 Å². The van der Waals surface area contributed by atoms with Gasteiger partial charge in [0.1, 0.15) is 0 Å². The van der Waals surface area contributed by atoms with Gasteiger partial charge in [0.05, 0.1) is 21.9 Å². The minimum atomic E-state index is -0.367. The van der Waals surface area contributed by atoms with Crippen LogP contribution in [0.2, 0.25) is 0 Å². The van der Waals surface area contributed by atoms with Crippen molar-refractivity contribution in [2.24, 2.45) is 0 Å². The number of rotatable bonds is 1. The van der Waals surface area contributed by atoms with Crippen LogP contribution in [0.25, 0.3) is 158 Å². The van der Waals surface area contributed by atoms with E-state index < -0.39 is 0 Å². The summed E-state index contributed by atoms with van der Waals surface area (Å²) < 4.78 is 2.43. The Labute approximate surface area is 583 Å². The Balaban J connectivity index is 0.000000111. The van der Waals surface area contributed by atoms with Gasteiger partial charge in [0.25, 0.3) is 0 Å². The Hall–Kier alpha value is -12.9. The van der Waals surface area contributed by atoms with E-state index in [4.69, 9.17) is 0 Å². The average Bonchev–Trinajstić information content (AvgIpc) is 1.51. The van der Waals surface area contributed by atoms with Gasteiger partial charge in [-0.3, -0.25) is 0 Å². The van der Waals surface area contributed by atoms with Gasteiger partial charge in [-0.1, -0.05) is 297 Å². The molecule has 0 saturated carbocycles. The fourth-order valence-electron chi connectivity index (χ4n) is 19.3. The molecule has 24 rings (SSSR count). The van der Waals surface area contributed by atoms with Gasteiger partial charge in [0.15, 0.2) is 0 Å². The maximum Gasteiger partial charge on any atom is 0.0725 e. The second-order valence-electron chi connectivity index (χ2n) is 28.1. The Bertz CT molecular complexity index is 6800. The lowest BCUT2D eigenvalue weighted by Gasteiger charge is -2.30. The maximum absolute atomic E-state index is 3.38. The molecule has 0 amide bonds. The van der Waals surface area contributed by atoms with Gasteiger partial charge < -0.3 is 9.55 Å². The van der Waals surface area contributed by atoms with Gasteiger partial charge in [-0.15, -0.1) is 0 Å². The van der Waals surface area contributed by atoms with Gasteiger partial charge >= 0.3 is 0 Å². The van der Waals surface area contributed by atoms with Crippen molar-refractivity contribution in [1.82, 2.24) is 9.55 Å². The van der Waals surface area contributed by atoms with Crippen LogP contribution < -0.4 is 0 Å². The highest BCUT2D eigenvalue weighted by atomic mass is 15.0. The summed E-state index contributed by atoms with van der Waals surface area (Å²) in [5, 5.41) is 20.9. The third-order valence-corrected chi connectivity index (χ3v) is 23.3. The van der Waals surface area contributed by atoms with E-state index in [0.29, 0.717) is 0 Å². The second-order valence-corrected chi connectivity index (χ2v) is 28.1. The number of aromatic nitrogens is 2. The van der Waals surface area contributed by atoms with E-state index in [2.05, 4.69) is 368 Å². The quantitative estimate of drug-likeness (QED) is 0.158. The highest BCUT2D eigenvalue weighted by molar-refractivity contribution is 6.28. The summed E-state index contributed by atoms with van der Waals surface area (Å²) in [7, 11) is 0. The molecule has 4 aliphatic rings. The molecule has 0 aliphatic heterocycles. The molecular weight excluding hydrogens is 1220 g/mol. The standard InChI is InChI=1S/C49H29N.C38H24.C12H9N/c1-2-14-32-31(13-1)39-27-30(50-47-23-11-6-18-37(47)38-19-7-12-24-48(38)50)25-26-33(39)41-29-46-42(28-40(32)41)36-17-5-10-22-45(36)49(46)43-20-8-3-15-34(43)35-16-4-9-21-44(35)49;1-23-18-19-26-30(20-23)24-10-2-3-11-25(24)31-21-33-29-14-6-9-17-36(29)38(37(33)22-32(26)31)34-15-7-4-12-27(34)28-13-5-8-16-35(28)38;1-3-7-11-9(5-1)10-6-2-4-8-12(10)13-11/h1-29H;2-22H,1H3;1-8,13H. The SMILES string of the molecule is Cc1ccc2c(c1)c1ccccc1c1cc3c(cc21)C1(c2ccccc2-c2ccccc21)c1ccccc1-3.c1ccc2c(c1)-c1ccccc1C21c2ccccc2-c2cc3c4ccccc4c4cc(-n5c6ccccc6c6ccccc65)ccc4c3cc21.c1ccc2c(c1)[nH]c1ccccc12. The summed E-state index contributed by atoms with van der Waals surface area (Å²) in [5.41, 5.74) is 28.6. The lowest BCUT2D eigenvalue weighted by molar-refractivity contribution is 0.795. The van der Waals surface area contributed by atoms with E-state index in [-0.39, 0.29) is 10.8 Å². The van der Waals surface area contributed by atoms with Crippen molar-refractivity contribution in [3.8, 4) is 50.2 Å². The number of nitrogens with one attached hydrogen (secondary N) is 1. The number of H-pyrrole nitrogens is 1. The molecule has 101 heavy (non-hydrogen) atoms. The van der Waals surface area contributed by atoms with Crippen LogP contribution in [0.1, 0.15) is 50.1 Å². The molecule has 0 atom stereocenters. The molecule has 0 radical (unpaired) electrons. The van der Waals surface area contributed by atoms with Crippen molar-refractivity contribution >= 4 is 108 Å². The van der Waals surface area contributed by atoms with Crippen molar-refractivity contribution in [2.75, 3.05) is 0 Å². The summed E-state index contributed by atoms with van der Waals surface area (Å²) in [6.45, 7) is 2.19. The molecule has 2 heterocycles. The molecule has 0 saturated heterocycles. The smallest absolute Gasteiger partial charge is 0.0725 e. The van der Waals surface area contributed by atoms with Crippen LogP contribution in [-0.4, -0.2) is 9.55 Å². The number of aryl methyl sites for hydroxylation is 1. The Morgan fingerprint density at radius 2 is 0.475 bits per heavy atom. The third kappa shape index (κ3) is 7.55. The van der Waals surface area contributed by atoms with Crippen LogP contribution in [0.5, 0.6) is 0 Å². The van der Waals surface area contributed by atoms with E-state index in [1.165, 1.54) is 209 Å². The number of nitrogens with zero attached hydrogens (tertiary/aromatic N) is 1. The summed E-state index contributed by atoms with van der Waals surface area (Å²) >= 11 is 0. The molecule has 18 aromatic carbocycles. The number of benzene rings is 18. The minimum absolute atomic E-state index is 0.310. The predicted molar refractivity (Wildman–Crippen MR) is 425 cm³/mol. The van der Waals surface area contributed by atoms with E-state index in [0.717, 1.165) is 0 Å². The molecule has 2 aromatic heterocycles. The van der Waals surface area contributed by atoms with Gasteiger partial charge in [0, 0.05) is 38.3 Å². The third-order valence-electron chi connectivity index (χ3n) is 23.3. The number of fused-ring (bicyclic) bond motifs is 38. The van der Waals surface area contributed by atoms with Crippen molar-refractivity contribution in [2.45, 2.75) is 17.8 Å². The first-order valence-electron chi connectivity index (χ1n) is 35.4. The van der Waals surface area contributed by atoms with Crippen LogP contribution in [0.3, 0.4) is 0 Å². The van der Waals surface area contributed by atoms with Crippen LogP contribution >= 0.6 is 0 Å². The van der Waals surface area contributed by atoms with Gasteiger partial charge in [-0.2, -0.15) is 0 Å². The molecule has 1 N–H and O–H groups in total. The highest BCUT2D eigenvalue weighted by Crippen LogP contribution is 2.65. The van der Waals surface area contributed by atoms with Crippen LogP contribution in [0.4, 0.5) is 0 Å². The van der Waals surface area contributed by atoms with E-state index in [1.54, 1.807) is 0 Å². The lowest BCUT2D eigenvalue weighted by Crippen LogP contribution is -2.25. The van der Waals surface area contributed by atoms with Crippen LogP contribution in [-0.2, 0) is 10.8 Å². The molecule has 468 valence electrons. The Morgan fingerprint density at radius 3 is 0.871 bits per heavy atom. The molecule has 2 heteroatoms. The number of hydrogen-bond acceptors (Lipinski definition) is 0. The monoisotopic (exact) mass is 1280 g/mol. The van der Waals surface area contributed by atoms with E-state index in [9.17, 15) is 0 Å². The highest BCUT2D eigenvalue weighted by Gasteiger charge is 2.53. The fourth-order valence-corrected chi connectivity index (χ4v) is 19.3. The predicted octanol–water partition coefficient (Wildman–Crippen LogP) is 25.7. The molecule has 2 spiro atoms. The van der Waals surface area contributed by atoms with Crippen LogP contribution in [0, 0.1) is 6.92 Å². The minimum Gasteiger partial charge on any atom is -0.355 e.